The molecule has 0 aromatic carbocycles. The topological polar surface area (TPSA) is 55.0 Å². The molecule has 1 aromatic rings. The van der Waals surface area contributed by atoms with Crippen molar-refractivity contribution in [2.24, 2.45) is 5.73 Å². The first kappa shape index (κ1) is 7.09. The standard InChI is InChI=1S/C8H10N4/c1-12-4-6(9)2-7-8(12)3-10-5-11-7/h3-5H,2,9H2,1H3. The van der Waals surface area contributed by atoms with Gasteiger partial charge in [-0.15, -0.1) is 0 Å². The fourth-order valence-corrected chi connectivity index (χ4v) is 1.34. The summed E-state index contributed by atoms with van der Waals surface area (Å²) in [6.07, 6.45) is 5.96. The SMILES string of the molecule is CN1C=C(N)Cc2ncncc21. The Morgan fingerprint density at radius 2 is 2.42 bits per heavy atom. The smallest absolute Gasteiger partial charge is 0.115 e. The maximum Gasteiger partial charge on any atom is 0.115 e. The monoisotopic (exact) mass is 162 g/mol. The molecule has 0 radical (unpaired) electrons. The van der Waals surface area contributed by atoms with Crippen LogP contribution in [0.25, 0.3) is 0 Å². The maximum atomic E-state index is 5.70. The first-order chi connectivity index (χ1) is 5.77. The van der Waals surface area contributed by atoms with Gasteiger partial charge in [0.1, 0.15) is 6.33 Å². The van der Waals surface area contributed by atoms with Gasteiger partial charge in [0.05, 0.1) is 17.6 Å². The highest BCUT2D eigenvalue weighted by Gasteiger charge is 2.13. The van der Waals surface area contributed by atoms with Gasteiger partial charge < -0.3 is 10.6 Å². The van der Waals surface area contributed by atoms with E-state index in [0.29, 0.717) is 0 Å². The highest BCUT2D eigenvalue weighted by molar-refractivity contribution is 5.54. The molecule has 1 aliphatic rings. The summed E-state index contributed by atoms with van der Waals surface area (Å²) in [6.45, 7) is 0. The molecule has 0 aliphatic carbocycles. The average Bonchev–Trinajstić information content (AvgIpc) is 2.04. The molecule has 12 heavy (non-hydrogen) atoms. The second-order valence-electron chi connectivity index (χ2n) is 2.85. The van der Waals surface area contributed by atoms with Crippen LogP contribution in [0.5, 0.6) is 0 Å². The molecule has 2 N–H and O–H groups in total. The summed E-state index contributed by atoms with van der Waals surface area (Å²) >= 11 is 0. The number of rotatable bonds is 0. The van der Waals surface area contributed by atoms with E-state index < -0.39 is 0 Å². The molecule has 62 valence electrons. The van der Waals surface area contributed by atoms with Crippen molar-refractivity contribution in [2.45, 2.75) is 6.42 Å². The van der Waals surface area contributed by atoms with Crippen LogP contribution in [-0.2, 0) is 6.42 Å². The van der Waals surface area contributed by atoms with E-state index in [0.717, 1.165) is 23.5 Å². The van der Waals surface area contributed by atoms with E-state index in [1.165, 1.54) is 0 Å². The van der Waals surface area contributed by atoms with Gasteiger partial charge in [0.25, 0.3) is 0 Å². The minimum Gasteiger partial charge on any atom is -0.401 e. The van der Waals surface area contributed by atoms with Crippen molar-refractivity contribution in [1.82, 2.24) is 9.97 Å². The third-order valence-corrected chi connectivity index (χ3v) is 1.88. The van der Waals surface area contributed by atoms with Crippen LogP contribution >= 0.6 is 0 Å². The second kappa shape index (κ2) is 2.48. The molecule has 4 nitrogen and oxygen atoms in total. The quantitative estimate of drug-likeness (QED) is 0.595. The first-order valence-corrected chi connectivity index (χ1v) is 3.75. The van der Waals surface area contributed by atoms with Crippen molar-refractivity contribution in [3.8, 4) is 0 Å². The Labute approximate surface area is 70.7 Å². The second-order valence-corrected chi connectivity index (χ2v) is 2.85. The van der Waals surface area contributed by atoms with Gasteiger partial charge in [-0.1, -0.05) is 0 Å². The van der Waals surface area contributed by atoms with E-state index in [9.17, 15) is 0 Å². The summed E-state index contributed by atoms with van der Waals surface area (Å²) in [5.41, 5.74) is 8.56. The van der Waals surface area contributed by atoms with Crippen LogP contribution in [0.1, 0.15) is 5.69 Å². The third-order valence-electron chi connectivity index (χ3n) is 1.88. The van der Waals surface area contributed by atoms with Crippen molar-refractivity contribution < 1.29 is 0 Å². The number of fused-ring (bicyclic) bond motifs is 1. The first-order valence-electron chi connectivity index (χ1n) is 3.75. The number of allylic oxidation sites excluding steroid dienone is 1. The molecular weight excluding hydrogens is 152 g/mol. The lowest BCUT2D eigenvalue weighted by atomic mass is 10.1. The molecule has 1 aliphatic heterocycles. The summed E-state index contributed by atoms with van der Waals surface area (Å²) in [6, 6.07) is 0. The van der Waals surface area contributed by atoms with Crippen LogP contribution in [0.4, 0.5) is 5.69 Å². The predicted molar refractivity (Wildman–Crippen MR) is 46.4 cm³/mol. The van der Waals surface area contributed by atoms with Crippen molar-refractivity contribution in [3.63, 3.8) is 0 Å². The van der Waals surface area contributed by atoms with E-state index in [2.05, 4.69) is 9.97 Å². The van der Waals surface area contributed by atoms with E-state index in [1.807, 2.05) is 18.1 Å². The Kier molecular flexibility index (Phi) is 1.46. The number of hydrogen-bond donors (Lipinski definition) is 1. The summed E-state index contributed by atoms with van der Waals surface area (Å²) in [5.74, 6) is 0. The van der Waals surface area contributed by atoms with Gasteiger partial charge >= 0.3 is 0 Å². The van der Waals surface area contributed by atoms with Crippen LogP contribution in [0.2, 0.25) is 0 Å². The lowest BCUT2D eigenvalue weighted by Crippen LogP contribution is -2.21. The van der Waals surface area contributed by atoms with Crippen LogP contribution in [0.3, 0.4) is 0 Å². The molecule has 4 heteroatoms. The lowest BCUT2D eigenvalue weighted by molar-refractivity contribution is 0.927. The molecule has 0 amide bonds. The molecule has 2 rings (SSSR count). The zero-order valence-electron chi connectivity index (χ0n) is 6.86. The van der Waals surface area contributed by atoms with E-state index in [-0.39, 0.29) is 0 Å². The number of hydrogen-bond acceptors (Lipinski definition) is 4. The normalized spacial score (nSPS) is 15.4. The predicted octanol–water partition coefficient (Wildman–Crippen LogP) is 0.269. The Hall–Kier alpha value is -1.58. The average molecular weight is 162 g/mol. The molecule has 0 spiro atoms. The van der Waals surface area contributed by atoms with Crippen molar-refractivity contribution in [2.75, 3.05) is 11.9 Å². The highest BCUT2D eigenvalue weighted by Crippen LogP contribution is 2.22. The summed E-state index contributed by atoms with van der Waals surface area (Å²) in [4.78, 5) is 10.0. The van der Waals surface area contributed by atoms with Crippen molar-refractivity contribution in [1.29, 1.82) is 0 Å². The third kappa shape index (κ3) is 1.01. The van der Waals surface area contributed by atoms with Gasteiger partial charge in [0.15, 0.2) is 0 Å². The van der Waals surface area contributed by atoms with E-state index in [4.69, 9.17) is 5.73 Å². The Bertz CT molecular complexity index is 332. The molecule has 2 heterocycles. The Balaban J connectivity index is 2.48. The van der Waals surface area contributed by atoms with Gasteiger partial charge in [-0.25, -0.2) is 9.97 Å². The van der Waals surface area contributed by atoms with Crippen molar-refractivity contribution >= 4 is 5.69 Å². The molecule has 0 unspecified atom stereocenters. The molecular formula is C8H10N4. The number of nitrogens with two attached hydrogens (primary N) is 1. The van der Waals surface area contributed by atoms with Gasteiger partial charge in [-0.05, 0) is 0 Å². The molecule has 0 fully saturated rings. The van der Waals surface area contributed by atoms with Gasteiger partial charge in [0, 0.05) is 25.4 Å². The van der Waals surface area contributed by atoms with Gasteiger partial charge in [-0.3, -0.25) is 0 Å². The van der Waals surface area contributed by atoms with Crippen LogP contribution in [0, 0.1) is 0 Å². The molecule has 1 aromatic heterocycles. The van der Waals surface area contributed by atoms with Crippen LogP contribution in [-0.4, -0.2) is 17.0 Å². The number of aromatic nitrogens is 2. The van der Waals surface area contributed by atoms with Crippen LogP contribution in [0.15, 0.2) is 24.4 Å². The summed E-state index contributed by atoms with van der Waals surface area (Å²) in [7, 11) is 1.94. The minimum atomic E-state index is 0.724. The Morgan fingerprint density at radius 1 is 1.58 bits per heavy atom. The maximum absolute atomic E-state index is 5.70. The fraction of sp³-hybridized carbons (Fsp3) is 0.250. The molecule has 0 atom stereocenters. The summed E-state index contributed by atoms with van der Waals surface area (Å²) < 4.78 is 0. The lowest BCUT2D eigenvalue weighted by Gasteiger charge is -2.22. The van der Waals surface area contributed by atoms with Gasteiger partial charge in [-0.2, -0.15) is 0 Å². The van der Waals surface area contributed by atoms with E-state index in [1.54, 1.807) is 12.5 Å². The van der Waals surface area contributed by atoms with Gasteiger partial charge in [0.2, 0.25) is 0 Å². The summed E-state index contributed by atoms with van der Waals surface area (Å²) in [5, 5.41) is 0. The fourth-order valence-electron chi connectivity index (χ4n) is 1.34. The molecule has 0 bridgehead atoms. The number of nitrogens with zero attached hydrogens (tertiary/aromatic N) is 3. The zero-order chi connectivity index (χ0) is 8.55. The Morgan fingerprint density at radius 3 is 3.25 bits per heavy atom. The van der Waals surface area contributed by atoms with Crippen LogP contribution < -0.4 is 10.6 Å². The number of anilines is 1. The molecule has 0 saturated heterocycles. The van der Waals surface area contributed by atoms with E-state index >= 15 is 0 Å². The van der Waals surface area contributed by atoms with Crippen molar-refractivity contribution in [3.05, 3.63) is 30.1 Å². The molecule has 0 saturated carbocycles. The minimum absolute atomic E-state index is 0.724. The largest absolute Gasteiger partial charge is 0.401 e. The zero-order valence-corrected chi connectivity index (χ0v) is 6.86. The highest BCUT2D eigenvalue weighted by atomic mass is 15.1.